The fourth-order valence-corrected chi connectivity index (χ4v) is 0.962. The van der Waals surface area contributed by atoms with Crippen molar-refractivity contribution in [2.45, 2.75) is 0 Å². The molecule has 1 amide bonds. The van der Waals surface area contributed by atoms with Gasteiger partial charge >= 0.3 is 0 Å². The number of nitrogens with zero attached hydrogens (tertiary/aromatic N) is 1. The number of nitrogens with two attached hydrogens (primary N) is 1. The predicted octanol–water partition coefficient (Wildman–Crippen LogP) is 0.598. The summed E-state index contributed by atoms with van der Waals surface area (Å²) < 4.78 is 0. The first-order valence-corrected chi connectivity index (χ1v) is 4.06. The SMILES string of the molecule is NNC(=O)C=Cc1cccc([N+](=O)[O-])c1. The van der Waals surface area contributed by atoms with Crippen LogP contribution in [0.2, 0.25) is 0 Å². The van der Waals surface area contributed by atoms with Crippen molar-refractivity contribution >= 4 is 17.7 Å². The van der Waals surface area contributed by atoms with Gasteiger partial charge in [0.05, 0.1) is 4.92 Å². The third-order valence-corrected chi connectivity index (χ3v) is 1.65. The molecule has 0 unspecified atom stereocenters. The van der Waals surface area contributed by atoms with E-state index in [4.69, 9.17) is 5.84 Å². The summed E-state index contributed by atoms with van der Waals surface area (Å²) in [5.41, 5.74) is 2.45. The summed E-state index contributed by atoms with van der Waals surface area (Å²) in [6.45, 7) is 0. The maximum absolute atomic E-state index is 10.7. The van der Waals surface area contributed by atoms with Gasteiger partial charge in [-0.25, -0.2) is 5.84 Å². The van der Waals surface area contributed by atoms with Crippen LogP contribution in [0.5, 0.6) is 0 Å². The minimum atomic E-state index is -0.500. The van der Waals surface area contributed by atoms with Crippen molar-refractivity contribution in [3.05, 3.63) is 46.0 Å². The Kier molecular flexibility index (Phi) is 3.53. The van der Waals surface area contributed by atoms with Gasteiger partial charge in [0.25, 0.3) is 11.6 Å². The molecule has 0 saturated carbocycles. The molecule has 1 aromatic rings. The number of carbonyl (C=O) groups is 1. The quantitative estimate of drug-likeness (QED) is 0.249. The normalized spacial score (nSPS) is 10.2. The minimum Gasteiger partial charge on any atom is -0.291 e. The number of nitro groups is 1. The summed E-state index contributed by atoms with van der Waals surface area (Å²) in [5, 5.41) is 10.4. The number of benzene rings is 1. The fraction of sp³-hybridized carbons (Fsp3) is 0. The molecule has 0 atom stereocenters. The molecule has 6 nitrogen and oxygen atoms in total. The van der Waals surface area contributed by atoms with Gasteiger partial charge in [-0.15, -0.1) is 0 Å². The summed E-state index contributed by atoms with van der Waals surface area (Å²) in [6, 6.07) is 5.92. The number of nitro benzene ring substituents is 1. The second-order valence-corrected chi connectivity index (χ2v) is 2.69. The number of amides is 1. The van der Waals surface area contributed by atoms with Crippen LogP contribution < -0.4 is 11.3 Å². The first-order valence-electron chi connectivity index (χ1n) is 4.06. The van der Waals surface area contributed by atoms with Gasteiger partial charge in [-0.05, 0) is 11.6 Å². The second-order valence-electron chi connectivity index (χ2n) is 2.69. The molecule has 0 aromatic heterocycles. The first kappa shape index (κ1) is 10.9. The van der Waals surface area contributed by atoms with Crippen LogP contribution in [0.25, 0.3) is 6.08 Å². The number of rotatable bonds is 3. The number of carbonyl (C=O) groups excluding carboxylic acids is 1. The Morgan fingerprint density at radius 1 is 1.53 bits per heavy atom. The van der Waals surface area contributed by atoms with E-state index in [2.05, 4.69) is 0 Å². The first-order chi connectivity index (χ1) is 7.13. The van der Waals surface area contributed by atoms with E-state index in [1.165, 1.54) is 30.4 Å². The molecule has 1 rings (SSSR count). The number of hydrogen-bond donors (Lipinski definition) is 2. The van der Waals surface area contributed by atoms with E-state index in [-0.39, 0.29) is 5.69 Å². The molecule has 0 heterocycles. The molecule has 0 saturated heterocycles. The molecule has 0 bridgehead atoms. The number of hydrogen-bond acceptors (Lipinski definition) is 4. The monoisotopic (exact) mass is 207 g/mol. The fourth-order valence-electron chi connectivity index (χ4n) is 0.962. The topological polar surface area (TPSA) is 98.3 Å². The highest BCUT2D eigenvalue weighted by Crippen LogP contribution is 2.13. The summed E-state index contributed by atoms with van der Waals surface area (Å²) in [5.74, 6) is 4.38. The van der Waals surface area contributed by atoms with Gasteiger partial charge in [-0.2, -0.15) is 0 Å². The molecule has 6 heteroatoms. The highest BCUT2D eigenvalue weighted by Gasteiger charge is 2.03. The number of hydrazine groups is 1. The average Bonchev–Trinajstić information content (AvgIpc) is 2.26. The maximum atomic E-state index is 10.7. The van der Waals surface area contributed by atoms with E-state index < -0.39 is 10.8 Å². The Labute approximate surface area is 85.5 Å². The average molecular weight is 207 g/mol. The zero-order valence-electron chi connectivity index (χ0n) is 7.71. The molecule has 0 spiro atoms. The third kappa shape index (κ3) is 3.20. The van der Waals surface area contributed by atoms with Crippen molar-refractivity contribution in [1.29, 1.82) is 0 Å². The molecule has 3 N–H and O–H groups in total. The minimum absolute atomic E-state index is 0.0229. The van der Waals surface area contributed by atoms with Crippen LogP contribution in [0.15, 0.2) is 30.3 Å². The Bertz CT molecular complexity index is 415. The highest BCUT2D eigenvalue weighted by molar-refractivity contribution is 5.91. The van der Waals surface area contributed by atoms with Crippen molar-refractivity contribution in [2.24, 2.45) is 5.84 Å². The van der Waals surface area contributed by atoms with Crippen molar-refractivity contribution in [1.82, 2.24) is 5.43 Å². The van der Waals surface area contributed by atoms with E-state index in [1.807, 2.05) is 5.43 Å². The standard InChI is InChI=1S/C9H9N3O3/c10-11-9(13)5-4-7-2-1-3-8(6-7)12(14)15/h1-6H,10H2,(H,11,13). The van der Waals surface area contributed by atoms with Crippen molar-refractivity contribution in [3.63, 3.8) is 0 Å². The van der Waals surface area contributed by atoms with Gasteiger partial charge in [0.1, 0.15) is 0 Å². The highest BCUT2D eigenvalue weighted by atomic mass is 16.6. The molecule has 1 aromatic carbocycles. The molecule has 0 aliphatic heterocycles. The molecule has 0 fully saturated rings. The Hall–Kier alpha value is -2.21. The van der Waals surface area contributed by atoms with Crippen LogP contribution in [-0.2, 0) is 4.79 Å². The van der Waals surface area contributed by atoms with Crippen LogP contribution in [0.1, 0.15) is 5.56 Å². The summed E-state index contributed by atoms with van der Waals surface area (Å²) in [6.07, 6.45) is 2.63. The Morgan fingerprint density at radius 2 is 2.27 bits per heavy atom. The van der Waals surface area contributed by atoms with Gasteiger partial charge in [-0.1, -0.05) is 12.1 Å². The van der Waals surface area contributed by atoms with Crippen molar-refractivity contribution < 1.29 is 9.72 Å². The van der Waals surface area contributed by atoms with Crippen molar-refractivity contribution in [2.75, 3.05) is 0 Å². The van der Waals surface area contributed by atoms with Crippen LogP contribution in [0, 0.1) is 10.1 Å². The van der Waals surface area contributed by atoms with Gasteiger partial charge in [0, 0.05) is 18.2 Å². The van der Waals surface area contributed by atoms with E-state index in [0.29, 0.717) is 5.56 Å². The lowest BCUT2D eigenvalue weighted by molar-refractivity contribution is -0.384. The zero-order chi connectivity index (χ0) is 11.3. The lowest BCUT2D eigenvalue weighted by Gasteiger charge is -1.94. The largest absolute Gasteiger partial charge is 0.291 e. The summed E-state index contributed by atoms with van der Waals surface area (Å²) >= 11 is 0. The predicted molar refractivity (Wildman–Crippen MR) is 54.5 cm³/mol. The lowest BCUT2D eigenvalue weighted by Crippen LogP contribution is -2.27. The number of nitrogens with one attached hydrogen (secondary N) is 1. The van der Waals surface area contributed by atoms with Gasteiger partial charge in [0.15, 0.2) is 0 Å². The van der Waals surface area contributed by atoms with Crippen molar-refractivity contribution in [3.8, 4) is 0 Å². The van der Waals surface area contributed by atoms with Crippen LogP contribution in [-0.4, -0.2) is 10.8 Å². The van der Waals surface area contributed by atoms with E-state index in [0.717, 1.165) is 0 Å². The molecular formula is C9H9N3O3. The molecule has 78 valence electrons. The van der Waals surface area contributed by atoms with E-state index >= 15 is 0 Å². The smallest absolute Gasteiger partial charge is 0.270 e. The molecule has 0 aliphatic rings. The lowest BCUT2D eigenvalue weighted by atomic mass is 10.2. The van der Waals surface area contributed by atoms with Gasteiger partial charge < -0.3 is 0 Å². The molecule has 0 radical (unpaired) electrons. The van der Waals surface area contributed by atoms with E-state index in [9.17, 15) is 14.9 Å². The summed E-state index contributed by atoms with van der Waals surface area (Å²) in [7, 11) is 0. The summed E-state index contributed by atoms with van der Waals surface area (Å²) in [4.78, 5) is 20.7. The van der Waals surface area contributed by atoms with Gasteiger partial charge in [0.2, 0.25) is 0 Å². The molecule has 15 heavy (non-hydrogen) atoms. The third-order valence-electron chi connectivity index (χ3n) is 1.65. The molecule has 0 aliphatic carbocycles. The van der Waals surface area contributed by atoms with Crippen LogP contribution in [0.3, 0.4) is 0 Å². The van der Waals surface area contributed by atoms with Crippen LogP contribution >= 0.6 is 0 Å². The zero-order valence-corrected chi connectivity index (χ0v) is 7.71. The Morgan fingerprint density at radius 3 is 2.87 bits per heavy atom. The Balaban J connectivity index is 2.87. The number of non-ortho nitro benzene ring substituents is 1. The van der Waals surface area contributed by atoms with Gasteiger partial charge in [-0.3, -0.25) is 20.3 Å². The van der Waals surface area contributed by atoms with Crippen LogP contribution in [0.4, 0.5) is 5.69 Å². The maximum Gasteiger partial charge on any atom is 0.270 e. The molecular weight excluding hydrogens is 198 g/mol. The van der Waals surface area contributed by atoms with E-state index in [1.54, 1.807) is 6.07 Å². The second kappa shape index (κ2) is 4.87.